The molecule has 0 saturated carbocycles. The van der Waals surface area contributed by atoms with Crippen LogP contribution in [0, 0.1) is 0 Å². The van der Waals surface area contributed by atoms with E-state index >= 15 is 0 Å². The van der Waals surface area contributed by atoms with Crippen molar-refractivity contribution in [3.8, 4) is 0 Å². The van der Waals surface area contributed by atoms with Crippen molar-refractivity contribution in [3.05, 3.63) is 48.0 Å². The zero-order valence-electron chi connectivity index (χ0n) is 9.98. The smallest absolute Gasteiger partial charge is 0.398 e. The minimum Gasteiger partial charge on any atom is -0.398 e. The van der Waals surface area contributed by atoms with E-state index in [4.69, 9.17) is 5.73 Å². The minimum atomic E-state index is -4.54. The van der Waals surface area contributed by atoms with Gasteiger partial charge in [0, 0.05) is 5.69 Å². The van der Waals surface area contributed by atoms with Crippen LogP contribution in [0.25, 0.3) is 0 Å². The second-order valence-corrected chi connectivity index (χ2v) is 3.88. The van der Waals surface area contributed by atoms with E-state index in [1.165, 1.54) is 18.7 Å². The summed E-state index contributed by atoms with van der Waals surface area (Å²) in [6.45, 7) is 0. The Morgan fingerprint density at radius 2 is 1.85 bits per heavy atom. The number of carbonyl (C=O) groups excluding carboxylic acids is 1. The van der Waals surface area contributed by atoms with Crippen molar-refractivity contribution in [2.24, 2.45) is 0 Å². The molecule has 8 heteroatoms. The van der Waals surface area contributed by atoms with E-state index in [-0.39, 0.29) is 16.9 Å². The summed E-state index contributed by atoms with van der Waals surface area (Å²) in [5.41, 5.74) is 4.53. The number of benzene rings is 1. The van der Waals surface area contributed by atoms with Gasteiger partial charge in [-0.05, 0) is 18.2 Å². The molecule has 0 aliphatic rings. The first kappa shape index (κ1) is 13.8. The molecular weight excluding hydrogens is 273 g/mol. The van der Waals surface area contributed by atoms with Crippen LogP contribution in [0.2, 0.25) is 0 Å². The van der Waals surface area contributed by atoms with Crippen molar-refractivity contribution in [3.63, 3.8) is 0 Å². The number of hydrogen-bond acceptors (Lipinski definition) is 4. The molecule has 1 aromatic carbocycles. The lowest BCUT2D eigenvalue weighted by Crippen LogP contribution is -2.16. The van der Waals surface area contributed by atoms with Crippen LogP contribution < -0.4 is 11.1 Å². The Morgan fingerprint density at radius 3 is 2.45 bits per heavy atom. The van der Waals surface area contributed by atoms with Gasteiger partial charge in [-0.15, -0.1) is 0 Å². The fourth-order valence-electron chi connectivity index (χ4n) is 1.49. The molecule has 1 aromatic heterocycles. The zero-order chi connectivity index (χ0) is 14.8. The summed E-state index contributed by atoms with van der Waals surface area (Å²) in [5, 5.41) is 2.37. The highest BCUT2D eigenvalue weighted by Crippen LogP contribution is 2.31. The lowest BCUT2D eigenvalue weighted by Gasteiger charge is -2.11. The predicted octanol–water partition coefficient (Wildman–Crippen LogP) is 2.33. The molecule has 2 aromatic rings. The summed E-state index contributed by atoms with van der Waals surface area (Å²) in [6, 6.07) is 2.56. The van der Waals surface area contributed by atoms with Crippen LogP contribution >= 0.6 is 0 Å². The first-order valence-corrected chi connectivity index (χ1v) is 5.41. The molecule has 0 aliphatic heterocycles. The highest BCUT2D eigenvalue weighted by molar-refractivity contribution is 6.07. The summed E-state index contributed by atoms with van der Waals surface area (Å²) in [5.74, 6) is -0.761. The molecule has 1 amide bonds. The Morgan fingerprint density at radius 1 is 1.20 bits per heavy atom. The molecule has 0 atom stereocenters. The Balaban J connectivity index is 2.30. The summed E-state index contributed by atoms with van der Waals surface area (Å²) in [7, 11) is 0. The standard InChI is InChI=1S/C12H9F3N4O/c13-12(14,15)7-1-2-10(16)9(3-7)11(20)19-8-4-17-6-18-5-8/h1-6H,16H2,(H,19,20). The second kappa shape index (κ2) is 5.16. The number of nitrogens with zero attached hydrogens (tertiary/aromatic N) is 2. The van der Waals surface area contributed by atoms with E-state index in [1.807, 2.05) is 0 Å². The molecule has 0 fully saturated rings. The number of anilines is 2. The maximum absolute atomic E-state index is 12.6. The van der Waals surface area contributed by atoms with Gasteiger partial charge in [0.1, 0.15) is 6.33 Å². The zero-order valence-corrected chi connectivity index (χ0v) is 9.98. The predicted molar refractivity (Wildman–Crippen MR) is 65.8 cm³/mol. The molecule has 0 spiro atoms. The monoisotopic (exact) mass is 282 g/mol. The third-order valence-corrected chi connectivity index (χ3v) is 2.44. The van der Waals surface area contributed by atoms with Gasteiger partial charge < -0.3 is 11.1 Å². The van der Waals surface area contributed by atoms with Crippen LogP contribution in [0.5, 0.6) is 0 Å². The van der Waals surface area contributed by atoms with Crippen LogP contribution in [-0.2, 0) is 6.18 Å². The van der Waals surface area contributed by atoms with Crippen molar-refractivity contribution in [2.45, 2.75) is 6.18 Å². The summed E-state index contributed by atoms with van der Waals surface area (Å²) in [6.07, 6.45) is -0.656. The lowest BCUT2D eigenvalue weighted by molar-refractivity contribution is -0.137. The third kappa shape index (κ3) is 3.02. The molecule has 0 saturated heterocycles. The summed E-state index contributed by atoms with van der Waals surface area (Å²) in [4.78, 5) is 19.2. The van der Waals surface area contributed by atoms with Gasteiger partial charge in [-0.2, -0.15) is 13.2 Å². The molecule has 0 radical (unpaired) electrons. The van der Waals surface area contributed by atoms with Crippen molar-refractivity contribution in [1.82, 2.24) is 9.97 Å². The molecule has 20 heavy (non-hydrogen) atoms. The normalized spacial score (nSPS) is 11.2. The van der Waals surface area contributed by atoms with Crippen molar-refractivity contribution in [1.29, 1.82) is 0 Å². The number of aromatic nitrogens is 2. The second-order valence-electron chi connectivity index (χ2n) is 3.88. The number of nitrogens with one attached hydrogen (secondary N) is 1. The number of carbonyl (C=O) groups is 1. The molecule has 0 unspecified atom stereocenters. The highest BCUT2D eigenvalue weighted by Gasteiger charge is 2.31. The Labute approximate surface area is 111 Å². The topological polar surface area (TPSA) is 80.9 Å². The van der Waals surface area contributed by atoms with E-state index in [1.54, 1.807) is 0 Å². The number of hydrogen-bond donors (Lipinski definition) is 2. The average Bonchev–Trinajstić information content (AvgIpc) is 2.39. The minimum absolute atomic E-state index is 0.0488. The van der Waals surface area contributed by atoms with Crippen molar-refractivity contribution < 1.29 is 18.0 Å². The van der Waals surface area contributed by atoms with E-state index < -0.39 is 17.6 Å². The molecule has 0 bridgehead atoms. The number of alkyl halides is 3. The van der Waals surface area contributed by atoms with Crippen LogP contribution in [0.1, 0.15) is 15.9 Å². The number of amides is 1. The molecule has 3 N–H and O–H groups in total. The van der Waals surface area contributed by atoms with E-state index in [2.05, 4.69) is 15.3 Å². The quantitative estimate of drug-likeness (QED) is 0.828. The van der Waals surface area contributed by atoms with Crippen LogP contribution in [-0.4, -0.2) is 15.9 Å². The first-order chi connectivity index (χ1) is 9.38. The first-order valence-electron chi connectivity index (χ1n) is 5.41. The highest BCUT2D eigenvalue weighted by atomic mass is 19.4. The van der Waals surface area contributed by atoms with Gasteiger partial charge in [-0.25, -0.2) is 9.97 Å². The van der Waals surface area contributed by atoms with E-state index in [0.717, 1.165) is 12.1 Å². The number of halogens is 3. The van der Waals surface area contributed by atoms with Gasteiger partial charge in [0.2, 0.25) is 0 Å². The fraction of sp³-hybridized carbons (Fsp3) is 0.0833. The summed E-state index contributed by atoms with van der Waals surface area (Å²) < 4.78 is 37.8. The van der Waals surface area contributed by atoms with Crippen LogP contribution in [0.3, 0.4) is 0 Å². The molecule has 2 rings (SSSR count). The van der Waals surface area contributed by atoms with E-state index in [9.17, 15) is 18.0 Å². The molecule has 104 valence electrons. The lowest BCUT2D eigenvalue weighted by atomic mass is 10.1. The van der Waals surface area contributed by atoms with Gasteiger partial charge in [-0.3, -0.25) is 4.79 Å². The van der Waals surface area contributed by atoms with Crippen LogP contribution in [0.4, 0.5) is 24.5 Å². The van der Waals surface area contributed by atoms with Gasteiger partial charge >= 0.3 is 6.18 Å². The largest absolute Gasteiger partial charge is 0.416 e. The Bertz CT molecular complexity index is 628. The van der Waals surface area contributed by atoms with Crippen molar-refractivity contribution >= 4 is 17.3 Å². The van der Waals surface area contributed by atoms with Gasteiger partial charge in [-0.1, -0.05) is 0 Å². The van der Waals surface area contributed by atoms with Crippen LogP contribution in [0.15, 0.2) is 36.9 Å². The van der Waals surface area contributed by atoms with Gasteiger partial charge in [0.15, 0.2) is 0 Å². The molecular formula is C12H9F3N4O. The third-order valence-electron chi connectivity index (χ3n) is 2.44. The van der Waals surface area contributed by atoms with Gasteiger partial charge in [0.25, 0.3) is 5.91 Å². The Kier molecular flexibility index (Phi) is 3.55. The number of rotatable bonds is 2. The molecule has 5 nitrogen and oxygen atoms in total. The maximum Gasteiger partial charge on any atom is 0.416 e. The van der Waals surface area contributed by atoms with Crippen molar-refractivity contribution in [2.75, 3.05) is 11.1 Å². The molecule has 1 heterocycles. The number of nitrogen functional groups attached to an aromatic ring is 1. The molecule has 0 aliphatic carbocycles. The SMILES string of the molecule is Nc1ccc(C(F)(F)F)cc1C(=O)Nc1cncnc1. The van der Waals surface area contributed by atoms with E-state index in [0.29, 0.717) is 6.07 Å². The number of nitrogens with two attached hydrogens (primary N) is 1. The van der Waals surface area contributed by atoms with Gasteiger partial charge in [0.05, 0.1) is 29.2 Å². The average molecular weight is 282 g/mol. The summed E-state index contributed by atoms with van der Waals surface area (Å²) >= 11 is 0. The Hall–Kier alpha value is -2.64. The fourth-order valence-corrected chi connectivity index (χ4v) is 1.49. The maximum atomic E-state index is 12.6.